The predicted molar refractivity (Wildman–Crippen MR) is 201 cm³/mol. The third-order valence-corrected chi connectivity index (χ3v) is 18.0. The maximum Gasteiger partial charge on any atom is 0.170 e. The highest BCUT2D eigenvalue weighted by atomic mass is 16.7. The first-order valence-corrected chi connectivity index (χ1v) is 21.3. The molecule has 52 heavy (non-hydrogen) atoms. The third kappa shape index (κ3) is 5.32. The van der Waals surface area contributed by atoms with E-state index >= 15 is 0 Å². The van der Waals surface area contributed by atoms with Crippen molar-refractivity contribution in [3.8, 4) is 0 Å². The lowest BCUT2D eigenvalue weighted by molar-refractivity contribution is -0.259. The molecule has 8 fully saturated rings. The summed E-state index contributed by atoms with van der Waals surface area (Å²) in [6, 6.07) is 0. The first-order chi connectivity index (χ1) is 24.4. The fourth-order valence-electron chi connectivity index (χ4n) is 15.6. The summed E-state index contributed by atoms with van der Waals surface area (Å²) < 4.78 is 31.9. The Labute approximate surface area is 315 Å². The molecular formula is C43H74N2O7. The SMILES string of the molecule is CCO[C@@H](C1C[C@@H](C)[C@H]2C(O1)[C@H](O)[C@@]1(C)C3CC[C@H]4C(C)(C)[C@@H](O[C@H]5CN(C6(C)CN(CCOC)C6)CCO5)CC[C@@]45C[C@@]35CC[C@]21C)C(C)(C)O. The predicted octanol–water partition coefficient (Wildman–Crippen LogP) is 5.74. The molecule has 0 aromatic rings. The lowest BCUT2D eigenvalue weighted by Crippen LogP contribution is -2.71. The number of hydrogen-bond donors (Lipinski definition) is 2. The zero-order chi connectivity index (χ0) is 37.3. The quantitative estimate of drug-likeness (QED) is 0.292. The normalized spacial score (nSPS) is 50.2. The highest BCUT2D eigenvalue weighted by Crippen LogP contribution is 2.89. The summed E-state index contributed by atoms with van der Waals surface area (Å²) in [5.74, 6) is 1.82. The highest BCUT2D eigenvalue weighted by Gasteiger charge is 2.84. The maximum absolute atomic E-state index is 12.7. The average molecular weight is 731 g/mol. The van der Waals surface area contributed by atoms with Crippen LogP contribution in [0.15, 0.2) is 0 Å². The van der Waals surface area contributed by atoms with Crippen LogP contribution in [0.4, 0.5) is 0 Å². The molecule has 8 aliphatic rings. The molecule has 9 nitrogen and oxygen atoms in total. The van der Waals surface area contributed by atoms with E-state index in [-0.39, 0.29) is 46.4 Å². The van der Waals surface area contributed by atoms with Crippen LogP contribution in [0.25, 0.3) is 0 Å². The number of methoxy groups -OCH3 is 1. The van der Waals surface area contributed by atoms with E-state index in [1.165, 1.54) is 38.5 Å². The summed E-state index contributed by atoms with van der Waals surface area (Å²) >= 11 is 0. The molecule has 3 saturated heterocycles. The lowest BCUT2D eigenvalue weighted by atomic mass is 9.41. The van der Waals surface area contributed by atoms with Gasteiger partial charge in [0.05, 0.1) is 49.8 Å². The van der Waals surface area contributed by atoms with Gasteiger partial charge in [-0.2, -0.15) is 0 Å². The largest absolute Gasteiger partial charge is 0.390 e. The Morgan fingerprint density at radius 3 is 2.38 bits per heavy atom. The summed E-state index contributed by atoms with van der Waals surface area (Å²) in [7, 11) is 1.78. The lowest BCUT2D eigenvalue weighted by Gasteiger charge is -2.64. The minimum atomic E-state index is -1.02. The van der Waals surface area contributed by atoms with E-state index in [0.717, 1.165) is 58.8 Å². The van der Waals surface area contributed by atoms with Gasteiger partial charge in [-0.15, -0.1) is 0 Å². The van der Waals surface area contributed by atoms with Gasteiger partial charge in [0, 0.05) is 50.8 Å². The third-order valence-electron chi connectivity index (χ3n) is 18.0. The molecule has 3 aliphatic heterocycles. The molecule has 2 spiro atoms. The van der Waals surface area contributed by atoms with Gasteiger partial charge < -0.3 is 33.9 Å². The van der Waals surface area contributed by atoms with E-state index in [1.54, 1.807) is 7.11 Å². The fourth-order valence-corrected chi connectivity index (χ4v) is 15.6. The van der Waals surface area contributed by atoms with Crippen molar-refractivity contribution in [1.29, 1.82) is 0 Å². The number of rotatable bonds is 10. The number of likely N-dealkylation sites (tertiary alicyclic amines) is 1. The molecule has 9 heteroatoms. The zero-order valence-electron chi connectivity index (χ0n) is 34.4. The van der Waals surface area contributed by atoms with Gasteiger partial charge in [0.1, 0.15) is 6.10 Å². The standard InChI is InChI=1S/C43H74N2O7/c1-11-49-36(38(5,6)47)28-22-27(2)33-34(51-28)35(46)41(9)30-13-12-29-37(3,4)31(14-15-42(29)24-43(30,42)17-16-40(33,41)8)52-32-23-45(19-21-50-32)39(7)25-44(26-39)18-20-48-10/h27-36,46-47H,11-26H2,1-10H3/t27-,28?,29+,30?,31+,32+,33+,34?,35+,36+,40-,41-,42-,43+/m1/s1. The topological polar surface area (TPSA) is 93.1 Å². The first-order valence-electron chi connectivity index (χ1n) is 21.3. The number of ether oxygens (including phenoxy) is 5. The van der Waals surface area contributed by atoms with E-state index in [2.05, 4.69) is 51.3 Å². The summed E-state index contributed by atoms with van der Waals surface area (Å²) in [5, 5.41) is 23.8. The van der Waals surface area contributed by atoms with Gasteiger partial charge >= 0.3 is 0 Å². The maximum atomic E-state index is 12.7. The number of aliphatic hydroxyl groups excluding tert-OH is 1. The fraction of sp³-hybridized carbons (Fsp3) is 1.00. The van der Waals surface area contributed by atoms with E-state index in [1.807, 2.05) is 20.8 Å². The molecule has 3 heterocycles. The van der Waals surface area contributed by atoms with E-state index < -0.39 is 17.8 Å². The van der Waals surface area contributed by atoms with Crippen molar-refractivity contribution >= 4 is 0 Å². The molecular weight excluding hydrogens is 656 g/mol. The van der Waals surface area contributed by atoms with Crippen molar-refractivity contribution in [1.82, 2.24) is 9.80 Å². The second kappa shape index (κ2) is 12.8. The van der Waals surface area contributed by atoms with Crippen molar-refractivity contribution in [3.63, 3.8) is 0 Å². The van der Waals surface area contributed by atoms with E-state index in [9.17, 15) is 10.2 Å². The van der Waals surface area contributed by atoms with Crippen molar-refractivity contribution in [2.24, 2.45) is 50.7 Å². The molecule has 0 aromatic carbocycles. The Morgan fingerprint density at radius 1 is 0.981 bits per heavy atom. The summed E-state index contributed by atoms with van der Waals surface area (Å²) in [4.78, 5) is 5.12. The van der Waals surface area contributed by atoms with Gasteiger partial charge in [-0.05, 0) is 124 Å². The summed E-state index contributed by atoms with van der Waals surface area (Å²) in [6.07, 6.45) is 7.99. The number of morpholine rings is 1. The molecule has 3 unspecified atom stereocenters. The van der Waals surface area contributed by atoms with Gasteiger partial charge in [-0.1, -0.05) is 34.6 Å². The first kappa shape index (κ1) is 38.5. The Kier molecular flexibility index (Phi) is 9.50. The van der Waals surface area contributed by atoms with Gasteiger partial charge in [0.25, 0.3) is 0 Å². The molecule has 298 valence electrons. The second-order valence-corrected chi connectivity index (χ2v) is 21.2. The smallest absolute Gasteiger partial charge is 0.170 e. The van der Waals surface area contributed by atoms with Crippen LogP contribution < -0.4 is 0 Å². The van der Waals surface area contributed by atoms with Crippen LogP contribution >= 0.6 is 0 Å². The molecule has 14 atom stereocenters. The van der Waals surface area contributed by atoms with Gasteiger partial charge in [0.15, 0.2) is 6.29 Å². The van der Waals surface area contributed by atoms with Crippen LogP contribution in [0.3, 0.4) is 0 Å². The Balaban J connectivity index is 0.977. The minimum absolute atomic E-state index is 0.0156. The van der Waals surface area contributed by atoms with Crippen LogP contribution in [0.5, 0.6) is 0 Å². The van der Waals surface area contributed by atoms with E-state index in [4.69, 9.17) is 23.7 Å². The summed E-state index contributed by atoms with van der Waals surface area (Å²) in [5.41, 5.74) is -0.312. The van der Waals surface area contributed by atoms with Crippen LogP contribution in [0.2, 0.25) is 0 Å². The molecule has 0 aromatic heterocycles. The Morgan fingerprint density at radius 2 is 1.69 bits per heavy atom. The number of fused-ring (bicyclic) bond motifs is 4. The van der Waals surface area contributed by atoms with Crippen molar-refractivity contribution in [2.45, 2.75) is 162 Å². The Hall–Kier alpha value is -0.360. The number of nitrogens with zero attached hydrogens (tertiary/aromatic N) is 2. The average Bonchev–Trinajstić information content (AvgIpc) is 3.70. The van der Waals surface area contributed by atoms with E-state index in [0.29, 0.717) is 41.1 Å². The van der Waals surface area contributed by atoms with Crippen LogP contribution in [0.1, 0.15) is 114 Å². The Bertz CT molecular complexity index is 1330. The van der Waals surface area contributed by atoms with Crippen LogP contribution in [-0.4, -0.2) is 128 Å². The van der Waals surface area contributed by atoms with Gasteiger partial charge in [-0.3, -0.25) is 9.80 Å². The summed E-state index contributed by atoms with van der Waals surface area (Å²) in [6.45, 7) is 27.5. The van der Waals surface area contributed by atoms with Crippen molar-refractivity contribution < 1.29 is 33.9 Å². The molecule has 2 N–H and O–H groups in total. The molecule has 0 amide bonds. The second-order valence-electron chi connectivity index (χ2n) is 21.2. The van der Waals surface area contributed by atoms with Crippen molar-refractivity contribution in [2.75, 3.05) is 59.7 Å². The monoisotopic (exact) mass is 731 g/mol. The molecule has 0 bridgehead atoms. The van der Waals surface area contributed by atoms with Gasteiger partial charge in [-0.25, -0.2) is 0 Å². The molecule has 0 radical (unpaired) electrons. The zero-order valence-corrected chi connectivity index (χ0v) is 34.4. The molecule has 5 aliphatic carbocycles. The number of aliphatic hydroxyl groups is 2. The molecule has 5 saturated carbocycles. The van der Waals surface area contributed by atoms with Crippen LogP contribution in [0, 0.1) is 50.7 Å². The van der Waals surface area contributed by atoms with Gasteiger partial charge in [0.2, 0.25) is 0 Å². The molecule has 8 rings (SSSR count). The number of hydrogen-bond acceptors (Lipinski definition) is 9. The minimum Gasteiger partial charge on any atom is -0.390 e. The highest BCUT2D eigenvalue weighted by molar-refractivity contribution is 5.33. The van der Waals surface area contributed by atoms with Crippen LogP contribution in [-0.2, 0) is 23.7 Å². The van der Waals surface area contributed by atoms with Crippen molar-refractivity contribution in [3.05, 3.63) is 0 Å².